The van der Waals surface area contributed by atoms with Crippen molar-refractivity contribution in [1.82, 2.24) is 25.3 Å². The zero-order valence-corrected chi connectivity index (χ0v) is 27.6. The van der Waals surface area contributed by atoms with E-state index in [1.807, 2.05) is 26.0 Å². The molecule has 1 aromatic rings. The number of rotatable bonds is 9. The van der Waals surface area contributed by atoms with E-state index < -0.39 is 35.7 Å². The molecule has 0 unspecified atom stereocenters. The number of nitrogens with one attached hydrogen (secondary N) is 2. The van der Waals surface area contributed by atoms with Gasteiger partial charge in [-0.1, -0.05) is 52.0 Å². The predicted octanol–water partition coefficient (Wildman–Crippen LogP) is 3.75. The summed E-state index contributed by atoms with van der Waals surface area (Å²) < 4.78 is 5.41. The van der Waals surface area contributed by atoms with Crippen LogP contribution in [-0.4, -0.2) is 95.5 Å². The molecule has 0 saturated carbocycles. The molecule has 10 nitrogen and oxygen atoms in total. The Bertz CT molecular complexity index is 1150. The van der Waals surface area contributed by atoms with E-state index in [4.69, 9.17) is 4.74 Å². The third-order valence-corrected chi connectivity index (χ3v) is 8.23. The van der Waals surface area contributed by atoms with E-state index in [-0.39, 0.29) is 23.8 Å². The number of likely N-dealkylation sites (N-methyl/N-ethyl adjacent to an activating group) is 1. The Morgan fingerprint density at radius 3 is 2.35 bits per heavy atom. The fraction of sp³-hybridized carbons (Fsp3) is 0.697. The molecule has 0 aromatic heterocycles. The summed E-state index contributed by atoms with van der Waals surface area (Å²) in [5, 5.41) is 6.16. The summed E-state index contributed by atoms with van der Waals surface area (Å²) in [6.07, 6.45) is 2.22. The maximum Gasteiger partial charge on any atom is 0.410 e. The van der Waals surface area contributed by atoms with Crippen molar-refractivity contribution in [2.24, 2.45) is 11.8 Å². The summed E-state index contributed by atoms with van der Waals surface area (Å²) in [5.41, 5.74) is 1.70. The molecule has 240 valence electrons. The van der Waals surface area contributed by atoms with Crippen molar-refractivity contribution in [2.45, 2.75) is 104 Å². The van der Waals surface area contributed by atoms with Crippen molar-refractivity contribution >= 4 is 23.8 Å². The molecular weight excluding hydrogens is 546 g/mol. The molecule has 1 fully saturated rings. The van der Waals surface area contributed by atoms with Gasteiger partial charge in [0.25, 0.3) is 0 Å². The quantitative estimate of drug-likeness (QED) is 0.448. The summed E-state index contributed by atoms with van der Waals surface area (Å²) in [5.74, 6) is -0.738. The van der Waals surface area contributed by atoms with Crippen LogP contribution < -0.4 is 10.6 Å². The van der Waals surface area contributed by atoms with Crippen LogP contribution in [0.4, 0.5) is 4.79 Å². The topological polar surface area (TPSA) is 111 Å². The molecule has 43 heavy (non-hydrogen) atoms. The molecule has 1 saturated heterocycles. The third kappa shape index (κ3) is 9.17. The lowest BCUT2D eigenvalue weighted by Gasteiger charge is -2.43. The van der Waals surface area contributed by atoms with Crippen molar-refractivity contribution in [3.05, 3.63) is 35.4 Å². The fourth-order valence-corrected chi connectivity index (χ4v) is 5.82. The van der Waals surface area contributed by atoms with Gasteiger partial charge in [0.15, 0.2) is 0 Å². The molecule has 0 spiro atoms. The molecule has 10 heteroatoms. The van der Waals surface area contributed by atoms with E-state index in [1.54, 1.807) is 32.6 Å². The number of amides is 4. The van der Waals surface area contributed by atoms with Gasteiger partial charge in [-0.05, 0) is 69.9 Å². The highest BCUT2D eigenvalue weighted by Gasteiger charge is 2.41. The highest BCUT2D eigenvalue weighted by molar-refractivity contribution is 5.94. The van der Waals surface area contributed by atoms with Gasteiger partial charge in [0, 0.05) is 33.2 Å². The van der Waals surface area contributed by atoms with Gasteiger partial charge in [-0.2, -0.15) is 0 Å². The van der Waals surface area contributed by atoms with Gasteiger partial charge >= 0.3 is 6.09 Å². The lowest BCUT2D eigenvalue weighted by atomic mass is 9.87. The number of ether oxygens (including phenoxy) is 1. The summed E-state index contributed by atoms with van der Waals surface area (Å²) in [4.78, 5) is 59.1. The molecule has 0 radical (unpaired) electrons. The van der Waals surface area contributed by atoms with Crippen molar-refractivity contribution in [3.63, 3.8) is 0 Å². The standard InChI is InChI=1S/C33H53N5O5/c1-21(2)19-37-17-18-38(27(20-37)30(40)34-26-16-12-14-24-13-10-11-15-25(24)26)31(41)28(22(3)4)35-29(39)23(5)36(9)32(42)43-33(6,7)8/h10-11,13,15,21-23,26-28H,12,14,16-20H2,1-9H3,(H,34,40)(H,35,39)/t23-,26+,27-,28-/m0/s1. The summed E-state index contributed by atoms with van der Waals surface area (Å²) >= 11 is 0. The Labute approximate surface area is 257 Å². The molecule has 3 rings (SSSR count). The van der Waals surface area contributed by atoms with Crippen LogP contribution in [0.15, 0.2) is 24.3 Å². The number of hydrogen-bond donors (Lipinski definition) is 2. The van der Waals surface area contributed by atoms with Gasteiger partial charge in [-0.15, -0.1) is 0 Å². The zero-order valence-electron chi connectivity index (χ0n) is 27.6. The van der Waals surface area contributed by atoms with Crippen molar-refractivity contribution in [2.75, 3.05) is 33.2 Å². The first-order valence-corrected chi connectivity index (χ1v) is 15.8. The van der Waals surface area contributed by atoms with Crippen molar-refractivity contribution in [3.8, 4) is 0 Å². The molecule has 2 N–H and O–H groups in total. The molecule has 4 atom stereocenters. The first-order chi connectivity index (χ1) is 20.1. The van der Waals surface area contributed by atoms with E-state index in [0.29, 0.717) is 25.6 Å². The number of hydrogen-bond acceptors (Lipinski definition) is 6. The number of fused-ring (bicyclic) bond motifs is 1. The van der Waals surface area contributed by atoms with Crippen LogP contribution in [0.25, 0.3) is 0 Å². The average Bonchev–Trinajstić information content (AvgIpc) is 2.93. The lowest BCUT2D eigenvalue weighted by molar-refractivity contribution is -0.148. The minimum atomic E-state index is -0.864. The van der Waals surface area contributed by atoms with Gasteiger partial charge in [-0.3, -0.25) is 24.2 Å². The fourth-order valence-electron chi connectivity index (χ4n) is 5.82. The van der Waals surface area contributed by atoms with Crippen LogP contribution in [-0.2, 0) is 25.5 Å². The van der Waals surface area contributed by atoms with Crippen LogP contribution in [0, 0.1) is 11.8 Å². The minimum absolute atomic E-state index is 0.0975. The number of nitrogens with zero attached hydrogens (tertiary/aromatic N) is 3. The SMILES string of the molecule is CC(C)CN1CCN(C(=O)[C@@H](NC(=O)[C@H](C)N(C)C(=O)OC(C)(C)C)C(C)C)[C@H](C(=O)N[C@@H]2CCCc3ccccc32)C1. The average molecular weight is 600 g/mol. The number of carbonyl (C=O) groups is 4. The largest absolute Gasteiger partial charge is 0.444 e. The summed E-state index contributed by atoms with van der Waals surface area (Å²) in [7, 11) is 1.50. The van der Waals surface area contributed by atoms with Crippen LogP contribution in [0.3, 0.4) is 0 Å². The number of benzene rings is 1. The Morgan fingerprint density at radius 1 is 1.05 bits per heavy atom. The second-order valence-corrected chi connectivity index (χ2v) is 13.9. The highest BCUT2D eigenvalue weighted by atomic mass is 16.6. The number of carbonyl (C=O) groups excluding carboxylic acids is 4. The Balaban J connectivity index is 1.79. The van der Waals surface area contributed by atoms with E-state index >= 15 is 0 Å². The second-order valence-electron chi connectivity index (χ2n) is 13.9. The van der Waals surface area contributed by atoms with E-state index in [9.17, 15) is 19.2 Å². The zero-order chi connectivity index (χ0) is 32.1. The summed E-state index contributed by atoms with van der Waals surface area (Å²) in [6.45, 7) is 17.2. The molecule has 1 aliphatic heterocycles. The Morgan fingerprint density at radius 2 is 1.72 bits per heavy atom. The van der Waals surface area contributed by atoms with Crippen LogP contribution >= 0.6 is 0 Å². The van der Waals surface area contributed by atoms with Crippen LogP contribution in [0.5, 0.6) is 0 Å². The number of aryl methyl sites for hydroxylation is 1. The number of piperazine rings is 1. The van der Waals surface area contributed by atoms with Gasteiger partial charge < -0.3 is 20.3 Å². The highest BCUT2D eigenvalue weighted by Crippen LogP contribution is 2.30. The maximum atomic E-state index is 14.1. The molecule has 0 bridgehead atoms. The normalized spacial score (nSPS) is 20.7. The first-order valence-electron chi connectivity index (χ1n) is 15.8. The van der Waals surface area contributed by atoms with Gasteiger partial charge in [0.2, 0.25) is 17.7 Å². The van der Waals surface area contributed by atoms with Gasteiger partial charge in [0.05, 0.1) is 6.04 Å². The van der Waals surface area contributed by atoms with Gasteiger partial charge in [0.1, 0.15) is 23.7 Å². The lowest BCUT2D eigenvalue weighted by Crippen LogP contribution is -2.65. The van der Waals surface area contributed by atoms with Crippen LogP contribution in [0.1, 0.15) is 85.4 Å². The minimum Gasteiger partial charge on any atom is -0.444 e. The van der Waals surface area contributed by atoms with Crippen molar-refractivity contribution in [1.29, 1.82) is 0 Å². The second kappa shape index (κ2) is 14.6. The van der Waals surface area contributed by atoms with E-state index in [2.05, 4.69) is 41.5 Å². The monoisotopic (exact) mass is 599 g/mol. The maximum absolute atomic E-state index is 14.1. The van der Waals surface area contributed by atoms with Crippen LogP contribution in [0.2, 0.25) is 0 Å². The molecule has 2 aliphatic rings. The first kappa shape index (κ1) is 34.4. The van der Waals surface area contributed by atoms with Gasteiger partial charge in [-0.25, -0.2) is 4.79 Å². The Kier molecular flexibility index (Phi) is 11.6. The Hall–Kier alpha value is -3.14. The predicted molar refractivity (Wildman–Crippen MR) is 167 cm³/mol. The van der Waals surface area contributed by atoms with Crippen molar-refractivity contribution < 1.29 is 23.9 Å². The van der Waals surface area contributed by atoms with E-state index in [1.165, 1.54) is 17.5 Å². The smallest absolute Gasteiger partial charge is 0.410 e. The molecule has 4 amide bonds. The third-order valence-electron chi connectivity index (χ3n) is 8.23. The molecule has 1 aromatic carbocycles. The van der Waals surface area contributed by atoms with E-state index in [0.717, 1.165) is 31.4 Å². The summed E-state index contributed by atoms with van der Waals surface area (Å²) in [6, 6.07) is 5.72. The molecule has 1 aliphatic carbocycles. The molecular formula is C33H53N5O5. The molecule has 1 heterocycles.